The Morgan fingerprint density at radius 2 is 2.08 bits per heavy atom. The second-order valence-electron chi connectivity index (χ2n) is 6.84. The molecule has 0 saturated carbocycles. The number of rotatable bonds is 5. The van der Waals surface area contributed by atoms with Gasteiger partial charge in [-0.1, -0.05) is 0 Å². The van der Waals surface area contributed by atoms with Crippen LogP contribution in [-0.2, 0) is 4.74 Å². The summed E-state index contributed by atoms with van der Waals surface area (Å²) in [5.74, 6) is 1.88. The molecule has 7 nitrogen and oxygen atoms in total. The molecule has 2 N–H and O–H groups in total. The lowest BCUT2D eigenvalue weighted by Gasteiger charge is -2.31. The van der Waals surface area contributed by atoms with Gasteiger partial charge >= 0.3 is 6.03 Å². The van der Waals surface area contributed by atoms with Crippen molar-refractivity contribution in [1.82, 2.24) is 10.2 Å². The van der Waals surface area contributed by atoms with Crippen molar-refractivity contribution in [3.8, 4) is 11.5 Å². The smallest absolute Gasteiger partial charge is 0.319 e. The molecule has 3 aliphatic heterocycles. The lowest BCUT2D eigenvalue weighted by Crippen LogP contribution is -2.48. The zero-order chi connectivity index (χ0) is 17.1. The molecule has 3 aliphatic rings. The maximum absolute atomic E-state index is 12.3. The van der Waals surface area contributed by atoms with Crippen LogP contribution in [-0.4, -0.2) is 56.6 Å². The minimum Gasteiger partial charge on any atom is -0.454 e. The van der Waals surface area contributed by atoms with Crippen molar-refractivity contribution < 1.29 is 19.0 Å². The number of likely N-dealkylation sites (tertiary alicyclic amines) is 1. The molecule has 0 aromatic heterocycles. The Hall–Kier alpha value is -1.99. The van der Waals surface area contributed by atoms with Crippen LogP contribution in [0.1, 0.15) is 19.3 Å². The number of nitrogens with zero attached hydrogens (tertiary/aromatic N) is 1. The summed E-state index contributed by atoms with van der Waals surface area (Å²) in [6, 6.07) is 5.57. The van der Waals surface area contributed by atoms with Crippen molar-refractivity contribution in [2.24, 2.45) is 5.92 Å². The molecule has 3 heterocycles. The number of hydrogen-bond donors (Lipinski definition) is 2. The molecule has 0 spiro atoms. The number of hydrogen-bond acceptors (Lipinski definition) is 5. The Bertz CT molecular complexity index is 596. The molecule has 2 amide bonds. The SMILES string of the molecule is O=C(NC[C@H]([C@@H]1CCOC1)N1CCCC1)Nc1ccc2c(c1)OCO2. The zero-order valence-corrected chi connectivity index (χ0v) is 14.3. The third kappa shape index (κ3) is 3.82. The molecule has 2 saturated heterocycles. The lowest BCUT2D eigenvalue weighted by atomic mass is 9.97. The number of carbonyl (C=O) groups is 1. The van der Waals surface area contributed by atoms with E-state index in [9.17, 15) is 4.79 Å². The highest BCUT2D eigenvalue weighted by Crippen LogP contribution is 2.34. The Kier molecular flexibility index (Phi) is 4.94. The Morgan fingerprint density at radius 3 is 2.88 bits per heavy atom. The van der Waals surface area contributed by atoms with E-state index in [-0.39, 0.29) is 12.8 Å². The third-order valence-corrected chi connectivity index (χ3v) is 5.22. The first-order chi connectivity index (χ1) is 12.3. The average Bonchev–Trinajstić information content (AvgIpc) is 3.37. The molecule has 0 radical (unpaired) electrons. The molecule has 1 aromatic rings. The van der Waals surface area contributed by atoms with Gasteiger partial charge in [-0.05, 0) is 44.5 Å². The number of ether oxygens (including phenoxy) is 3. The standard InChI is InChI=1S/C18H25N3O4/c22-18(20-14-3-4-16-17(9-14)25-12-24-16)19-10-15(13-5-8-23-11-13)21-6-1-2-7-21/h3-4,9,13,15H,1-2,5-8,10-12H2,(H2,19,20,22)/t13-,15-/m1/s1. The summed E-state index contributed by atoms with van der Waals surface area (Å²) in [5.41, 5.74) is 0.698. The van der Waals surface area contributed by atoms with E-state index in [1.54, 1.807) is 12.1 Å². The molecule has 2 atom stereocenters. The molecule has 2 fully saturated rings. The fourth-order valence-electron chi connectivity index (χ4n) is 3.87. The van der Waals surface area contributed by atoms with Crippen LogP contribution in [0.2, 0.25) is 0 Å². The Labute approximate surface area is 147 Å². The lowest BCUT2D eigenvalue weighted by molar-refractivity contribution is 0.135. The van der Waals surface area contributed by atoms with Gasteiger partial charge in [-0.15, -0.1) is 0 Å². The average molecular weight is 347 g/mol. The molecule has 4 rings (SSSR count). The van der Waals surface area contributed by atoms with Gasteiger partial charge in [0, 0.05) is 36.9 Å². The van der Waals surface area contributed by atoms with Gasteiger partial charge in [-0.3, -0.25) is 4.90 Å². The van der Waals surface area contributed by atoms with E-state index in [1.807, 2.05) is 6.07 Å². The van der Waals surface area contributed by atoms with E-state index in [0.29, 0.717) is 35.7 Å². The van der Waals surface area contributed by atoms with E-state index in [4.69, 9.17) is 14.2 Å². The molecule has 136 valence electrons. The first-order valence-electron chi connectivity index (χ1n) is 9.06. The van der Waals surface area contributed by atoms with Crippen LogP contribution >= 0.6 is 0 Å². The van der Waals surface area contributed by atoms with E-state index in [0.717, 1.165) is 32.7 Å². The summed E-state index contributed by atoms with van der Waals surface area (Å²) >= 11 is 0. The minimum absolute atomic E-state index is 0.193. The van der Waals surface area contributed by atoms with Gasteiger partial charge in [0.2, 0.25) is 6.79 Å². The van der Waals surface area contributed by atoms with E-state index in [1.165, 1.54) is 12.8 Å². The molecule has 0 aliphatic carbocycles. The largest absolute Gasteiger partial charge is 0.454 e. The third-order valence-electron chi connectivity index (χ3n) is 5.22. The second-order valence-corrected chi connectivity index (χ2v) is 6.84. The van der Waals surface area contributed by atoms with Crippen LogP contribution < -0.4 is 20.1 Å². The topological polar surface area (TPSA) is 72.1 Å². The van der Waals surface area contributed by atoms with Crippen LogP contribution in [0.5, 0.6) is 11.5 Å². The highest BCUT2D eigenvalue weighted by molar-refractivity contribution is 5.89. The number of urea groups is 1. The van der Waals surface area contributed by atoms with Gasteiger partial charge in [-0.25, -0.2) is 4.79 Å². The van der Waals surface area contributed by atoms with Gasteiger partial charge in [0.25, 0.3) is 0 Å². The van der Waals surface area contributed by atoms with Crippen molar-refractivity contribution in [2.45, 2.75) is 25.3 Å². The fraction of sp³-hybridized carbons (Fsp3) is 0.611. The van der Waals surface area contributed by atoms with Gasteiger partial charge in [-0.2, -0.15) is 0 Å². The minimum atomic E-state index is -0.193. The second kappa shape index (κ2) is 7.49. The normalized spacial score (nSPS) is 23.6. The number of fused-ring (bicyclic) bond motifs is 1. The number of amides is 2. The van der Waals surface area contributed by atoms with Crippen molar-refractivity contribution in [2.75, 3.05) is 45.0 Å². The summed E-state index contributed by atoms with van der Waals surface area (Å²) in [4.78, 5) is 14.8. The van der Waals surface area contributed by atoms with Crippen LogP contribution in [0.4, 0.5) is 10.5 Å². The van der Waals surface area contributed by atoms with E-state index in [2.05, 4.69) is 15.5 Å². The number of nitrogens with one attached hydrogen (secondary N) is 2. The molecule has 7 heteroatoms. The zero-order valence-electron chi connectivity index (χ0n) is 14.3. The molecule has 0 bridgehead atoms. The quantitative estimate of drug-likeness (QED) is 0.853. The summed E-state index contributed by atoms with van der Waals surface area (Å²) in [5, 5.41) is 5.91. The van der Waals surface area contributed by atoms with Gasteiger partial charge in [0.15, 0.2) is 11.5 Å². The maximum Gasteiger partial charge on any atom is 0.319 e. The first-order valence-corrected chi connectivity index (χ1v) is 9.06. The molecular weight excluding hydrogens is 322 g/mol. The van der Waals surface area contributed by atoms with Gasteiger partial charge < -0.3 is 24.8 Å². The highest BCUT2D eigenvalue weighted by Gasteiger charge is 2.32. The molecule has 1 aromatic carbocycles. The number of anilines is 1. The molecule has 25 heavy (non-hydrogen) atoms. The first kappa shape index (κ1) is 16.5. The van der Waals surface area contributed by atoms with Crippen molar-refractivity contribution >= 4 is 11.7 Å². The van der Waals surface area contributed by atoms with Gasteiger partial charge in [0.1, 0.15) is 0 Å². The molecule has 0 unspecified atom stereocenters. The Balaban J connectivity index is 1.33. The number of carbonyl (C=O) groups excluding carboxylic acids is 1. The highest BCUT2D eigenvalue weighted by atomic mass is 16.7. The Morgan fingerprint density at radius 1 is 1.24 bits per heavy atom. The summed E-state index contributed by atoms with van der Waals surface area (Å²) in [7, 11) is 0. The summed E-state index contributed by atoms with van der Waals surface area (Å²) in [6.07, 6.45) is 3.56. The fourth-order valence-corrected chi connectivity index (χ4v) is 3.87. The predicted molar refractivity (Wildman–Crippen MR) is 93.1 cm³/mol. The van der Waals surface area contributed by atoms with Crippen molar-refractivity contribution in [3.63, 3.8) is 0 Å². The van der Waals surface area contributed by atoms with Crippen LogP contribution in [0.15, 0.2) is 18.2 Å². The van der Waals surface area contributed by atoms with Crippen LogP contribution in [0.25, 0.3) is 0 Å². The van der Waals surface area contributed by atoms with Crippen molar-refractivity contribution in [1.29, 1.82) is 0 Å². The maximum atomic E-state index is 12.3. The van der Waals surface area contributed by atoms with E-state index >= 15 is 0 Å². The summed E-state index contributed by atoms with van der Waals surface area (Å²) in [6.45, 7) is 4.74. The van der Waals surface area contributed by atoms with Crippen LogP contribution in [0.3, 0.4) is 0 Å². The van der Waals surface area contributed by atoms with Crippen LogP contribution in [0, 0.1) is 5.92 Å². The number of benzene rings is 1. The van der Waals surface area contributed by atoms with Gasteiger partial charge in [0.05, 0.1) is 6.61 Å². The monoisotopic (exact) mass is 347 g/mol. The van der Waals surface area contributed by atoms with E-state index < -0.39 is 0 Å². The predicted octanol–water partition coefficient (Wildman–Crippen LogP) is 2.04. The van der Waals surface area contributed by atoms with Crippen molar-refractivity contribution in [3.05, 3.63) is 18.2 Å². The summed E-state index contributed by atoms with van der Waals surface area (Å²) < 4.78 is 16.2. The molecular formula is C18H25N3O4.